The van der Waals surface area contributed by atoms with Crippen LogP contribution < -0.4 is 0 Å². The maximum Gasteiger partial charge on any atom is 0.305 e. The molecule has 0 aliphatic heterocycles. The molecule has 1 atom stereocenters. The van der Waals surface area contributed by atoms with Crippen LogP contribution in [0.25, 0.3) is 0 Å². The average molecular weight is 256 g/mol. The van der Waals surface area contributed by atoms with Crippen molar-refractivity contribution in [2.45, 2.75) is 71.8 Å². The number of hydrogen-bond acceptors (Lipinski definition) is 4. The van der Waals surface area contributed by atoms with Gasteiger partial charge in [-0.3, -0.25) is 9.59 Å². The van der Waals surface area contributed by atoms with E-state index in [4.69, 9.17) is 4.74 Å². The Hall–Kier alpha value is -1.19. The second kappa shape index (κ2) is 9.80. The first-order chi connectivity index (χ1) is 8.49. The second-order valence-corrected chi connectivity index (χ2v) is 4.51. The third-order valence-corrected chi connectivity index (χ3v) is 2.78. The van der Waals surface area contributed by atoms with Crippen molar-refractivity contribution in [2.24, 2.45) is 0 Å². The molecule has 0 saturated carbocycles. The summed E-state index contributed by atoms with van der Waals surface area (Å²) in [6.07, 6.45) is 3.63. The van der Waals surface area contributed by atoms with E-state index in [2.05, 4.69) is 0 Å². The van der Waals surface area contributed by atoms with Crippen molar-refractivity contribution in [3.8, 4) is 0 Å². The Balaban J connectivity index is 3.76. The van der Waals surface area contributed by atoms with Gasteiger partial charge in [-0.2, -0.15) is 0 Å². The summed E-state index contributed by atoms with van der Waals surface area (Å²) in [6.45, 7) is 5.22. The largest absolute Gasteiger partial charge is 0.462 e. The van der Waals surface area contributed by atoms with Crippen LogP contribution in [0, 0.1) is 0 Å². The highest BCUT2D eigenvalue weighted by Gasteiger charge is 2.12. The zero-order chi connectivity index (χ0) is 14.0. The number of carbonyl (C=O) groups is 3. The highest BCUT2D eigenvalue weighted by molar-refractivity contribution is 5.84. The summed E-state index contributed by atoms with van der Waals surface area (Å²) in [5, 5.41) is 0. The minimum atomic E-state index is -0.190. The number of hydrogen-bond donors (Lipinski definition) is 0. The van der Waals surface area contributed by atoms with Crippen LogP contribution >= 0.6 is 0 Å². The fourth-order valence-electron chi connectivity index (χ4n) is 1.58. The molecule has 4 nitrogen and oxygen atoms in total. The molecule has 18 heavy (non-hydrogen) atoms. The molecular weight excluding hydrogens is 232 g/mol. The number of rotatable bonds is 10. The van der Waals surface area contributed by atoms with E-state index in [9.17, 15) is 14.4 Å². The Morgan fingerprint density at radius 3 is 2.22 bits per heavy atom. The lowest BCUT2D eigenvalue weighted by Crippen LogP contribution is -2.17. The van der Waals surface area contributed by atoms with E-state index in [1.807, 2.05) is 6.92 Å². The Morgan fingerprint density at radius 1 is 1.06 bits per heavy atom. The molecule has 1 unspecified atom stereocenters. The van der Waals surface area contributed by atoms with Gasteiger partial charge in [-0.1, -0.05) is 13.8 Å². The number of carbonyl (C=O) groups excluding carboxylic acids is 3. The lowest BCUT2D eigenvalue weighted by atomic mass is 10.0. The quantitative estimate of drug-likeness (QED) is 0.564. The minimum absolute atomic E-state index is 0.0478. The molecule has 0 aromatic carbocycles. The molecular formula is C14H24O4. The van der Waals surface area contributed by atoms with Crippen LogP contribution in [0.4, 0.5) is 0 Å². The van der Waals surface area contributed by atoms with Crippen LogP contribution in [0.15, 0.2) is 0 Å². The summed E-state index contributed by atoms with van der Waals surface area (Å²) in [7, 11) is 0. The number of ether oxygens (including phenoxy) is 1. The van der Waals surface area contributed by atoms with Gasteiger partial charge in [0.15, 0.2) is 0 Å². The van der Waals surface area contributed by atoms with Gasteiger partial charge in [-0.25, -0.2) is 0 Å². The van der Waals surface area contributed by atoms with Gasteiger partial charge >= 0.3 is 5.97 Å². The molecule has 0 heterocycles. The van der Waals surface area contributed by atoms with Crippen LogP contribution in [0.1, 0.15) is 65.7 Å². The van der Waals surface area contributed by atoms with Gasteiger partial charge in [0.25, 0.3) is 0 Å². The van der Waals surface area contributed by atoms with Gasteiger partial charge in [0, 0.05) is 25.7 Å². The molecule has 0 aliphatic carbocycles. The maximum atomic E-state index is 11.4. The van der Waals surface area contributed by atoms with E-state index >= 15 is 0 Å². The molecule has 104 valence electrons. The standard InChI is InChI=1S/C14H24O4/c1-4-13(18-14(17)5-2)8-6-7-12(16)10-9-11(3)15/h13H,4-10H2,1-3H3. The summed E-state index contributed by atoms with van der Waals surface area (Å²) in [4.78, 5) is 33.3. The topological polar surface area (TPSA) is 60.4 Å². The Bertz CT molecular complexity index is 284. The second-order valence-electron chi connectivity index (χ2n) is 4.51. The SMILES string of the molecule is CCC(=O)OC(CC)CCCC(=O)CCC(C)=O. The fourth-order valence-corrected chi connectivity index (χ4v) is 1.58. The van der Waals surface area contributed by atoms with Gasteiger partial charge in [0.2, 0.25) is 0 Å². The van der Waals surface area contributed by atoms with E-state index < -0.39 is 0 Å². The maximum absolute atomic E-state index is 11.4. The molecule has 0 rings (SSSR count). The van der Waals surface area contributed by atoms with Crippen LogP contribution in [-0.2, 0) is 19.1 Å². The predicted molar refractivity (Wildman–Crippen MR) is 69.2 cm³/mol. The van der Waals surface area contributed by atoms with Crippen LogP contribution in [0.2, 0.25) is 0 Å². The van der Waals surface area contributed by atoms with Crippen molar-refractivity contribution in [3.05, 3.63) is 0 Å². The van der Waals surface area contributed by atoms with Gasteiger partial charge < -0.3 is 9.53 Å². The molecule has 0 spiro atoms. The Labute approximate surface area is 109 Å². The van der Waals surface area contributed by atoms with Crippen molar-refractivity contribution >= 4 is 17.5 Å². The summed E-state index contributed by atoms with van der Waals surface area (Å²) < 4.78 is 5.22. The van der Waals surface area contributed by atoms with E-state index in [-0.39, 0.29) is 23.6 Å². The fraction of sp³-hybridized carbons (Fsp3) is 0.786. The van der Waals surface area contributed by atoms with Crippen LogP contribution in [-0.4, -0.2) is 23.6 Å². The molecule has 0 aliphatic rings. The van der Waals surface area contributed by atoms with Crippen molar-refractivity contribution in [3.63, 3.8) is 0 Å². The van der Waals surface area contributed by atoms with Crippen LogP contribution in [0.3, 0.4) is 0 Å². The van der Waals surface area contributed by atoms with Crippen LogP contribution in [0.5, 0.6) is 0 Å². The van der Waals surface area contributed by atoms with Crippen molar-refractivity contribution in [2.75, 3.05) is 0 Å². The molecule has 0 fully saturated rings. The van der Waals surface area contributed by atoms with Crippen molar-refractivity contribution in [1.29, 1.82) is 0 Å². The highest BCUT2D eigenvalue weighted by Crippen LogP contribution is 2.11. The predicted octanol–water partition coefficient (Wildman–Crippen LogP) is 2.83. The van der Waals surface area contributed by atoms with Gasteiger partial charge in [0.1, 0.15) is 17.7 Å². The third kappa shape index (κ3) is 8.90. The zero-order valence-corrected chi connectivity index (χ0v) is 11.7. The first kappa shape index (κ1) is 16.8. The normalized spacial score (nSPS) is 11.9. The van der Waals surface area contributed by atoms with E-state index in [0.717, 1.165) is 6.42 Å². The monoisotopic (exact) mass is 256 g/mol. The number of esters is 1. The molecule has 0 amide bonds. The Kier molecular flexibility index (Phi) is 9.15. The molecule has 0 saturated heterocycles. The first-order valence-electron chi connectivity index (χ1n) is 6.70. The summed E-state index contributed by atoms with van der Waals surface area (Å²) >= 11 is 0. The Morgan fingerprint density at radius 2 is 1.72 bits per heavy atom. The first-order valence-corrected chi connectivity index (χ1v) is 6.70. The molecule has 0 radical (unpaired) electrons. The van der Waals surface area contributed by atoms with E-state index in [0.29, 0.717) is 38.5 Å². The molecule has 0 N–H and O–H groups in total. The minimum Gasteiger partial charge on any atom is -0.462 e. The average Bonchev–Trinajstić information content (AvgIpc) is 2.34. The third-order valence-electron chi connectivity index (χ3n) is 2.78. The summed E-state index contributed by atoms with van der Waals surface area (Å²) in [6, 6.07) is 0. The molecule has 4 heteroatoms. The van der Waals surface area contributed by atoms with Gasteiger partial charge in [0.05, 0.1) is 0 Å². The zero-order valence-electron chi connectivity index (χ0n) is 11.7. The lowest BCUT2D eigenvalue weighted by molar-refractivity contribution is -0.149. The summed E-state index contributed by atoms with van der Waals surface area (Å²) in [5.74, 6) is -0.0294. The van der Waals surface area contributed by atoms with Crippen molar-refractivity contribution in [1.82, 2.24) is 0 Å². The summed E-state index contributed by atoms with van der Waals surface area (Å²) in [5.41, 5.74) is 0. The lowest BCUT2D eigenvalue weighted by Gasteiger charge is -2.15. The molecule has 0 aromatic heterocycles. The van der Waals surface area contributed by atoms with E-state index in [1.165, 1.54) is 6.92 Å². The number of ketones is 2. The smallest absolute Gasteiger partial charge is 0.305 e. The molecule has 0 aromatic rings. The van der Waals surface area contributed by atoms with Gasteiger partial charge in [-0.05, 0) is 26.2 Å². The molecule has 0 bridgehead atoms. The van der Waals surface area contributed by atoms with Gasteiger partial charge in [-0.15, -0.1) is 0 Å². The van der Waals surface area contributed by atoms with Crippen molar-refractivity contribution < 1.29 is 19.1 Å². The number of Topliss-reactive ketones (excluding diaryl/α,β-unsaturated/α-hetero) is 2. The van der Waals surface area contributed by atoms with E-state index in [1.54, 1.807) is 6.92 Å². The highest BCUT2D eigenvalue weighted by atomic mass is 16.5.